The topological polar surface area (TPSA) is 70.1 Å². The van der Waals surface area contributed by atoms with Crippen LogP contribution in [0.5, 0.6) is 11.5 Å². The standard InChI is InChI=1S/C19H16BrN3O2S/c1-2-9-21-19-23(22-11-14-5-8-16(24)10-18(14)25)17(12-26-19)13-3-6-15(20)7-4-13/h2-8,10-12,24-25H,1,9H2. The van der Waals surface area contributed by atoms with Crippen LogP contribution in [0.3, 0.4) is 0 Å². The molecule has 2 N–H and O–H groups in total. The molecule has 3 aromatic rings. The van der Waals surface area contributed by atoms with Crippen LogP contribution in [0.2, 0.25) is 0 Å². The lowest BCUT2D eigenvalue weighted by Crippen LogP contribution is -2.12. The third kappa shape index (κ3) is 4.12. The van der Waals surface area contributed by atoms with E-state index in [1.165, 1.54) is 29.7 Å². The van der Waals surface area contributed by atoms with Gasteiger partial charge in [0.2, 0.25) is 4.80 Å². The summed E-state index contributed by atoms with van der Waals surface area (Å²) < 4.78 is 2.72. The molecule has 132 valence electrons. The third-order valence-electron chi connectivity index (χ3n) is 3.51. The summed E-state index contributed by atoms with van der Waals surface area (Å²) in [6.07, 6.45) is 3.26. The van der Waals surface area contributed by atoms with Crippen LogP contribution in [0.25, 0.3) is 11.3 Å². The zero-order valence-electron chi connectivity index (χ0n) is 13.7. The number of benzene rings is 2. The Kier molecular flexibility index (Phi) is 5.70. The molecule has 3 rings (SSSR count). The fourth-order valence-electron chi connectivity index (χ4n) is 2.24. The van der Waals surface area contributed by atoms with Crippen molar-refractivity contribution >= 4 is 33.5 Å². The van der Waals surface area contributed by atoms with E-state index in [1.807, 2.05) is 29.6 Å². The minimum Gasteiger partial charge on any atom is -0.508 e. The molecule has 0 radical (unpaired) electrons. The van der Waals surface area contributed by atoms with E-state index in [-0.39, 0.29) is 11.5 Å². The number of hydrogen-bond acceptors (Lipinski definition) is 5. The van der Waals surface area contributed by atoms with Gasteiger partial charge in [0.1, 0.15) is 11.5 Å². The predicted molar refractivity (Wildman–Crippen MR) is 109 cm³/mol. The molecule has 0 aliphatic carbocycles. The number of hydrogen-bond donors (Lipinski definition) is 2. The van der Waals surface area contributed by atoms with E-state index in [1.54, 1.807) is 16.8 Å². The summed E-state index contributed by atoms with van der Waals surface area (Å²) in [5, 5.41) is 25.8. The third-order valence-corrected chi connectivity index (χ3v) is 4.89. The summed E-state index contributed by atoms with van der Waals surface area (Å²) in [5.74, 6) is -0.0422. The largest absolute Gasteiger partial charge is 0.508 e. The summed E-state index contributed by atoms with van der Waals surface area (Å²) in [6.45, 7) is 4.18. The van der Waals surface area contributed by atoms with E-state index in [9.17, 15) is 10.2 Å². The van der Waals surface area contributed by atoms with Crippen molar-refractivity contribution in [2.45, 2.75) is 0 Å². The monoisotopic (exact) mass is 429 g/mol. The first-order chi connectivity index (χ1) is 12.6. The normalized spacial score (nSPS) is 12.0. The molecule has 1 heterocycles. The van der Waals surface area contributed by atoms with Crippen molar-refractivity contribution in [3.63, 3.8) is 0 Å². The Morgan fingerprint density at radius 2 is 1.92 bits per heavy atom. The molecule has 0 spiro atoms. The zero-order chi connectivity index (χ0) is 18.5. The lowest BCUT2D eigenvalue weighted by Gasteiger charge is -2.04. The van der Waals surface area contributed by atoms with Gasteiger partial charge in [0.25, 0.3) is 0 Å². The summed E-state index contributed by atoms with van der Waals surface area (Å²) in [6, 6.07) is 12.3. The first-order valence-electron chi connectivity index (χ1n) is 7.72. The average Bonchev–Trinajstić information content (AvgIpc) is 3.02. The van der Waals surface area contributed by atoms with Gasteiger partial charge in [-0.3, -0.25) is 4.99 Å². The maximum absolute atomic E-state index is 9.95. The smallest absolute Gasteiger partial charge is 0.206 e. The van der Waals surface area contributed by atoms with Gasteiger partial charge in [-0.05, 0) is 24.3 Å². The molecule has 0 unspecified atom stereocenters. The van der Waals surface area contributed by atoms with Gasteiger partial charge in [0.05, 0.1) is 18.5 Å². The van der Waals surface area contributed by atoms with Crippen molar-refractivity contribution < 1.29 is 10.2 Å². The lowest BCUT2D eigenvalue weighted by molar-refractivity contribution is 0.450. The molecule has 0 aliphatic heterocycles. The molecule has 0 aliphatic rings. The van der Waals surface area contributed by atoms with Crippen molar-refractivity contribution in [3.8, 4) is 22.8 Å². The predicted octanol–water partition coefficient (Wildman–Crippen LogP) is 4.36. The number of nitrogens with zero attached hydrogens (tertiary/aromatic N) is 3. The van der Waals surface area contributed by atoms with Gasteiger partial charge in [-0.15, -0.1) is 17.9 Å². The minimum absolute atomic E-state index is 0.0000555. The Hall–Kier alpha value is -2.64. The van der Waals surface area contributed by atoms with Crippen molar-refractivity contribution in [1.29, 1.82) is 0 Å². The zero-order valence-corrected chi connectivity index (χ0v) is 16.1. The summed E-state index contributed by atoms with van der Waals surface area (Å²) in [5.41, 5.74) is 2.38. The van der Waals surface area contributed by atoms with Crippen LogP contribution in [0.4, 0.5) is 0 Å². The van der Waals surface area contributed by atoms with Crippen molar-refractivity contribution in [2.75, 3.05) is 6.54 Å². The van der Waals surface area contributed by atoms with Crippen LogP contribution in [0.15, 0.2) is 75.1 Å². The summed E-state index contributed by atoms with van der Waals surface area (Å²) >= 11 is 4.92. The molecule has 0 saturated carbocycles. The molecule has 0 amide bonds. The Bertz CT molecular complexity index is 1020. The van der Waals surface area contributed by atoms with Crippen molar-refractivity contribution in [1.82, 2.24) is 4.68 Å². The van der Waals surface area contributed by atoms with Gasteiger partial charge in [-0.2, -0.15) is 5.10 Å². The second-order valence-corrected chi connectivity index (χ2v) is 7.09. The van der Waals surface area contributed by atoms with Crippen LogP contribution in [0.1, 0.15) is 5.56 Å². The van der Waals surface area contributed by atoms with E-state index in [4.69, 9.17) is 0 Å². The second-order valence-electron chi connectivity index (χ2n) is 5.34. The van der Waals surface area contributed by atoms with Crippen LogP contribution in [-0.4, -0.2) is 27.6 Å². The fourth-order valence-corrected chi connectivity index (χ4v) is 3.35. The summed E-state index contributed by atoms with van der Waals surface area (Å²) in [4.78, 5) is 5.19. The molecule has 5 nitrogen and oxygen atoms in total. The number of halogens is 1. The molecule has 0 fully saturated rings. The van der Waals surface area contributed by atoms with Crippen LogP contribution in [-0.2, 0) is 0 Å². The Morgan fingerprint density at radius 1 is 1.15 bits per heavy atom. The lowest BCUT2D eigenvalue weighted by atomic mass is 10.2. The molecule has 0 atom stereocenters. The maximum atomic E-state index is 9.95. The van der Waals surface area contributed by atoms with Gasteiger partial charge in [0.15, 0.2) is 0 Å². The van der Waals surface area contributed by atoms with E-state index < -0.39 is 0 Å². The highest BCUT2D eigenvalue weighted by atomic mass is 79.9. The first kappa shape index (κ1) is 18.2. The van der Waals surface area contributed by atoms with Gasteiger partial charge in [-0.25, -0.2) is 4.68 Å². The fraction of sp³-hybridized carbons (Fsp3) is 0.0526. The van der Waals surface area contributed by atoms with Gasteiger partial charge >= 0.3 is 0 Å². The minimum atomic E-state index is -0.0423. The number of rotatable bonds is 5. The number of aromatic nitrogens is 1. The van der Waals surface area contributed by atoms with Crippen molar-refractivity contribution in [2.24, 2.45) is 10.1 Å². The summed E-state index contributed by atoms with van der Waals surface area (Å²) in [7, 11) is 0. The number of phenols is 2. The molecule has 2 aromatic carbocycles. The number of aromatic hydroxyl groups is 2. The second kappa shape index (κ2) is 8.16. The maximum Gasteiger partial charge on any atom is 0.206 e. The van der Waals surface area contributed by atoms with E-state index >= 15 is 0 Å². The SMILES string of the molecule is C=CCN=c1scc(-c2ccc(Br)cc2)n1N=Cc1ccc(O)cc1O. The van der Waals surface area contributed by atoms with Gasteiger partial charge in [-0.1, -0.05) is 34.1 Å². The molecular formula is C19H16BrN3O2S. The highest BCUT2D eigenvalue weighted by molar-refractivity contribution is 9.10. The highest BCUT2D eigenvalue weighted by Gasteiger charge is 2.08. The Morgan fingerprint density at radius 3 is 2.62 bits per heavy atom. The van der Waals surface area contributed by atoms with Crippen LogP contribution in [0, 0.1) is 0 Å². The highest BCUT2D eigenvalue weighted by Crippen LogP contribution is 2.24. The van der Waals surface area contributed by atoms with E-state index in [0.717, 1.165) is 20.5 Å². The van der Waals surface area contributed by atoms with E-state index in [0.29, 0.717) is 12.1 Å². The molecular weight excluding hydrogens is 414 g/mol. The molecule has 1 aromatic heterocycles. The average molecular weight is 430 g/mol. The van der Waals surface area contributed by atoms with Gasteiger partial charge in [0, 0.05) is 27.0 Å². The number of phenolic OH excluding ortho intramolecular Hbond substituents is 2. The molecule has 7 heteroatoms. The Balaban J connectivity index is 2.08. The van der Waals surface area contributed by atoms with Crippen molar-refractivity contribution in [3.05, 3.63) is 75.3 Å². The van der Waals surface area contributed by atoms with E-state index in [2.05, 4.69) is 32.6 Å². The molecule has 0 bridgehead atoms. The Labute approximate surface area is 163 Å². The first-order valence-corrected chi connectivity index (χ1v) is 9.40. The molecule has 26 heavy (non-hydrogen) atoms. The quantitative estimate of drug-likeness (QED) is 0.467. The van der Waals surface area contributed by atoms with Crippen LogP contribution >= 0.6 is 27.3 Å². The van der Waals surface area contributed by atoms with Gasteiger partial charge < -0.3 is 10.2 Å². The molecule has 0 saturated heterocycles. The van der Waals surface area contributed by atoms with Crippen LogP contribution < -0.4 is 4.80 Å². The number of thiazole rings is 1.